The van der Waals surface area contributed by atoms with E-state index >= 15 is 0 Å². The second-order valence-corrected chi connectivity index (χ2v) is 5.10. The van der Waals surface area contributed by atoms with Crippen LogP contribution in [0.5, 0.6) is 11.5 Å². The second kappa shape index (κ2) is 6.58. The highest BCUT2D eigenvalue weighted by Crippen LogP contribution is 2.31. The molecule has 0 amide bonds. The maximum absolute atomic E-state index is 12.2. The number of carbonyl (C=O) groups is 1. The van der Waals surface area contributed by atoms with Gasteiger partial charge in [-0.2, -0.15) is 5.10 Å². The Labute approximate surface area is 131 Å². The fourth-order valence-electron chi connectivity index (χ4n) is 1.98. The van der Waals surface area contributed by atoms with Gasteiger partial charge in [0.05, 0.1) is 24.9 Å². The zero-order valence-corrected chi connectivity index (χ0v) is 13.5. The van der Waals surface area contributed by atoms with Crippen molar-refractivity contribution >= 4 is 27.8 Å². The number of methoxy groups -OCH3 is 2. The third-order valence-electron chi connectivity index (χ3n) is 2.98. The van der Waals surface area contributed by atoms with Crippen molar-refractivity contribution < 1.29 is 14.3 Å². The first-order chi connectivity index (χ1) is 10.1. The number of ether oxygens (including phenoxy) is 2. The maximum atomic E-state index is 12.2. The molecule has 0 unspecified atom stereocenters. The standard InChI is InChI=1S/C15H15BrN2O3/c1-18-14(11(16)9-17-18)12(19)8-7-10-5-4-6-13(20-2)15(10)21-3/h4-9H,1-3H3/b8-7+. The molecule has 0 saturated carbocycles. The average Bonchev–Trinajstić information content (AvgIpc) is 2.83. The van der Waals surface area contributed by atoms with Crippen molar-refractivity contribution in [2.24, 2.45) is 7.05 Å². The first kappa shape index (κ1) is 15.3. The summed E-state index contributed by atoms with van der Waals surface area (Å²) < 4.78 is 12.7. The van der Waals surface area contributed by atoms with Crippen LogP contribution in [0.2, 0.25) is 0 Å². The summed E-state index contributed by atoms with van der Waals surface area (Å²) in [6.45, 7) is 0. The van der Waals surface area contributed by atoms with E-state index in [4.69, 9.17) is 9.47 Å². The van der Waals surface area contributed by atoms with Gasteiger partial charge in [0.1, 0.15) is 5.69 Å². The summed E-state index contributed by atoms with van der Waals surface area (Å²) in [7, 11) is 4.86. The molecule has 2 rings (SSSR count). The molecule has 1 aromatic heterocycles. The Morgan fingerprint density at radius 3 is 2.67 bits per heavy atom. The molecule has 0 aliphatic carbocycles. The van der Waals surface area contributed by atoms with E-state index in [0.717, 1.165) is 5.56 Å². The molecule has 0 saturated heterocycles. The summed E-state index contributed by atoms with van der Waals surface area (Å²) in [6.07, 6.45) is 4.77. The highest BCUT2D eigenvalue weighted by Gasteiger charge is 2.13. The van der Waals surface area contributed by atoms with Crippen molar-refractivity contribution in [2.75, 3.05) is 14.2 Å². The fraction of sp³-hybridized carbons (Fsp3) is 0.200. The maximum Gasteiger partial charge on any atom is 0.205 e. The van der Waals surface area contributed by atoms with E-state index in [1.807, 2.05) is 12.1 Å². The third kappa shape index (κ3) is 3.16. The molecule has 6 heteroatoms. The SMILES string of the molecule is COc1cccc(/C=C/C(=O)c2c(Br)cnn2C)c1OC. The fourth-order valence-corrected chi connectivity index (χ4v) is 2.52. The smallest absolute Gasteiger partial charge is 0.205 e. The Kier molecular flexibility index (Phi) is 4.80. The number of carbonyl (C=O) groups excluding carboxylic acids is 1. The van der Waals surface area contributed by atoms with Gasteiger partial charge in [0.15, 0.2) is 11.5 Å². The van der Waals surface area contributed by atoms with Crippen LogP contribution in [-0.2, 0) is 7.05 Å². The molecule has 2 aromatic rings. The molecule has 110 valence electrons. The summed E-state index contributed by atoms with van der Waals surface area (Å²) in [4.78, 5) is 12.2. The highest BCUT2D eigenvalue weighted by molar-refractivity contribution is 9.10. The zero-order chi connectivity index (χ0) is 15.4. The molecule has 0 fully saturated rings. The van der Waals surface area contributed by atoms with Crippen molar-refractivity contribution in [1.82, 2.24) is 9.78 Å². The van der Waals surface area contributed by atoms with E-state index in [9.17, 15) is 4.79 Å². The number of halogens is 1. The number of rotatable bonds is 5. The number of hydrogen-bond donors (Lipinski definition) is 0. The molecule has 0 bridgehead atoms. The lowest BCUT2D eigenvalue weighted by Gasteiger charge is -2.09. The zero-order valence-electron chi connectivity index (χ0n) is 12.0. The number of allylic oxidation sites excluding steroid dienone is 1. The van der Waals surface area contributed by atoms with Gasteiger partial charge in [-0.25, -0.2) is 0 Å². The first-order valence-electron chi connectivity index (χ1n) is 6.19. The van der Waals surface area contributed by atoms with E-state index < -0.39 is 0 Å². The van der Waals surface area contributed by atoms with Crippen LogP contribution in [0.15, 0.2) is 34.9 Å². The quantitative estimate of drug-likeness (QED) is 0.614. The highest BCUT2D eigenvalue weighted by atomic mass is 79.9. The van der Waals surface area contributed by atoms with Gasteiger partial charge in [-0.15, -0.1) is 0 Å². The van der Waals surface area contributed by atoms with Crippen LogP contribution in [0, 0.1) is 0 Å². The van der Waals surface area contributed by atoms with Gasteiger partial charge >= 0.3 is 0 Å². The van der Waals surface area contributed by atoms with Crippen LogP contribution in [0.25, 0.3) is 6.08 Å². The Morgan fingerprint density at radius 1 is 1.33 bits per heavy atom. The van der Waals surface area contributed by atoms with E-state index in [1.165, 1.54) is 10.8 Å². The Bertz CT molecular complexity index is 673. The van der Waals surface area contributed by atoms with Crippen LogP contribution >= 0.6 is 15.9 Å². The topological polar surface area (TPSA) is 53.3 Å². The molecule has 0 N–H and O–H groups in total. The van der Waals surface area contributed by atoms with Gasteiger partial charge in [0, 0.05) is 12.6 Å². The summed E-state index contributed by atoms with van der Waals surface area (Å²) in [5.74, 6) is 1.06. The van der Waals surface area contributed by atoms with Gasteiger partial charge in [0.25, 0.3) is 0 Å². The molecular formula is C15H15BrN2O3. The van der Waals surface area contributed by atoms with Crippen molar-refractivity contribution in [1.29, 1.82) is 0 Å². The predicted molar refractivity (Wildman–Crippen MR) is 83.8 cm³/mol. The number of ketones is 1. The number of nitrogens with zero attached hydrogens (tertiary/aromatic N) is 2. The lowest BCUT2D eigenvalue weighted by molar-refractivity contribution is 0.103. The summed E-state index contributed by atoms with van der Waals surface area (Å²) in [6, 6.07) is 5.49. The van der Waals surface area contributed by atoms with Gasteiger partial charge in [-0.1, -0.05) is 12.1 Å². The number of para-hydroxylation sites is 1. The van der Waals surface area contributed by atoms with E-state index in [-0.39, 0.29) is 5.78 Å². The predicted octanol–water partition coefficient (Wildman–Crippen LogP) is 3.10. The summed E-state index contributed by atoms with van der Waals surface area (Å²) in [5.41, 5.74) is 1.26. The molecule has 0 spiro atoms. The van der Waals surface area contributed by atoms with Crippen molar-refractivity contribution in [3.63, 3.8) is 0 Å². The van der Waals surface area contributed by atoms with Crippen molar-refractivity contribution in [3.05, 3.63) is 46.2 Å². The number of aromatic nitrogens is 2. The summed E-state index contributed by atoms with van der Waals surface area (Å²) >= 11 is 3.31. The minimum Gasteiger partial charge on any atom is -0.493 e. The minimum atomic E-state index is -0.147. The summed E-state index contributed by atoms with van der Waals surface area (Å²) in [5, 5.41) is 4.02. The number of aryl methyl sites for hydroxylation is 1. The van der Waals surface area contributed by atoms with Crippen LogP contribution in [0.4, 0.5) is 0 Å². The Balaban J connectivity index is 2.32. The van der Waals surface area contributed by atoms with Gasteiger partial charge < -0.3 is 9.47 Å². The molecule has 1 aromatic carbocycles. The first-order valence-corrected chi connectivity index (χ1v) is 6.98. The van der Waals surface area contributed by atoms with Gasteiger partial charge in [-0.3, -0.25) is 9.48 Å². The number of benzene rings is 1. The molecular weight excluding hydrogens is 336 g/mol. The molecule has 0 aliphatic heterocycles. The van der Waals surface area contributed by atoms with Crippen LogP contribution in [0.1, 0.15) is 16.1 Å². The van der Waals surface area contributed by atoms with E-state index in [2.05, 4.69) is 21.0 Å². The Morgan fingerprint density at radius 2 is 2.10 bits per heavy atom. The van der Waals surface area contributed by atoms with E-state index in [1.54, 1.807) is 39.6 Å². The van der Waals surface area contributed by atoms with Gasteiger partial charge in [-0.05, 0) is 34.1 Å². The molecule has 0 aliphatic rings. The molecule has 1 heterocycles. The monoisotopic (exact) mass is 350 g/mol. The third-order valence-corrected chi connectivity index (χ3v) is 3.56. The van der Waals surface area contributed by atoms with Crippen LogP contribution in [-0.4, -0.2) is 29.8 Å². The van der Waals surface area contributed by atoms with Crippen LogP contribution in [0.3, 0.4) is 0 Å². The van der Waals surface area contributed by atoms with Crippen molar-refractivity contribution in [3.8, 4) is 11.5 Å². The normalized spacial score (nSPS) is 10.9. The molecule has 0 radical (unpaired) electrons. The molecule has 0 atom stereocenters. The van der Waals surface area contributed by atoms with Crippen molar-refractivity contribution in [2.45, 2.75) is 0 Å². The van der Waals surface area contributed by atoms with Crippen LogP contribution < -0.4 is 9.47 Å². The minimum absolute atomic E-state index is 0.147. The largest absolute Gasteiger partial charge is 0.493 e. The van der Waals surface area contributed by atoms with Gasteiger partial charge in [0.2, 0.25) is 5.78 Å². The number of hydrogen-bond acceptors (Lipinski definition) is 4. The van der Waals surface area contributed by atoms with E-state index in [0.29, 0.717) is 21.7 Å². The lowest BCUT2D eigenvalue weighted by Crippen LogP contribution is -2.04. The Hall–Kier alpha value is -2.08. The molecule has 5 nitrogen and oxygen atoms in total. The average molecular weight is 351 g/mol. The second-order valence-electron chi connectivity index (χ2n) is 4.25. The molecule has 21 heavy (non-hydrogen) atoms. The lowest BCUT2D eigenvalue weighted by atomic mass is 10.1.